The van der Waals surface area contributed by atoms with Crippen LogP contribution in [0, 0.1) is 23.0 Å². The van der Waals surface area contributed by atoms with Crippen molar-refractivity contribution in [3.8, 4) is 0 Å². The fourth-order valence-corrected chi connectivity index (χ4v) is 3.32. The molecule has 10 heteroatoms. The number of nitrogens with one attached hydrogen (secondary N) is 1. The summed E-state index contributed by atoms with van der Waals surface area (Å²) in [5.41, 5.74) is 1.62. The van der Waals surface area contributed by atoms with Gasteiger partial charge in [-0.2, -0.15) is 0 Å². The monoisotopic (exact) mass is 439 g/mol. The van der Waals surface area contributed by atoms with Gasteiger partial charge >= 0.3 is 5.97 Å². The van der Waals surface area contributed by atoms with Gasteiger partial charge in [0.1, 0.15) is 0 Å². The van der Waals surface area contributed by atoms with E-state index in [4.69, 9.17) is 4.74 Å². The Morgan fingerprint density at radius 2 is 1.88 bits per heavy atom. The molecule has 1 heterocycles. The van der Waals surface area contributed by atoms with Crippen molar-refractivity contribution < 1.29 is 28.8 Å². The topological polar surface area (TPSA) is 136 Å². The summed E-state index contributed by atoms with van der Waals surface area (Å²) in [4.78, 5) is 59.9. The van der Waals surface area contributed by atoms with Gasteiger partial charge in [0.2, 0.25) is 5.91 Å². The third-order valence-electron chi connectivity index (χ3n) is 5.08. The van der Waals surface area contributed by atoms with Crippen molar-refractivity contribution in [3.63, 3.8) is 0 Å². The zero-order chi connectivity index (χ0) is 23.4. The summed E-state index contributed by atoms with van der Waals surface area (Å²) in [7, 11) is 0. The highest BCUT2D eigenvalue weighted by Gasteiger charge is 2.37. The van der Waals surface area contributed by atoms with Crippen molar-refractivity contribution in [2.24, 2.45) is 5.92 Å². The summed E-state index contributed by atoms with van der Waals surface area (Å²) < 4.78 is 5.04. The molecule has 2 aromatic rings. The fraction of sp³-hybridized carbons (Fsp3) is 0.273. The Balaban J connectivity index is 1.55. The maximum atomic E-state index is 12.4. The summed E-state index contributed by atoms with van der Waals surface area (Å²) in [5.74, 6) is -2.52. The lowest BCUT2D eigenvalue weighted by Crippen LogP contribution is -2.28. The molecule has 2 aromatic carbocycles. The van der Waals surface area contributed by atoms with E-state index < -0.39 is 29.3 Å². The van der Waals surface area contributed by atoms with Gasteiger partial charge in [-0.15, -0.1) is 0 Å². The van der Waals surface area contributed by atoms with Gasteiger partial charge in [0.15, 0.2) is 12.4 Å². The number of benzene rings is 2. The van der Waals surface area contributed by atoms with E-state index in [1.54, 1.807) is 43.3 Å². The number of aryl methyl sites for hydroxylation is 1. The number of nitro groups is 1. The minimum Gasteiger partial charge on any atom is -0.455 e. The first-order chi connectivity index (χ1) is 15.2. The van der Waals surface area contributed by atoms with Crippen LogP contribution >= 0.6 is 0 Å². The van der Waals surface area contributed by atoms with Crippen molar-refractivity contribution in [3.05, 3.63) is 63.7 Å². The molecule has 3 rings (SSSR count). The predicted octanol–water partition coefficient (Wildman–Crippen LogP) is 2.64. The van der Waals surface area contributed by atoms with Gasteiger partial charge in [-0.1, -0.05) is 6.07 Å². The molecule has 166 valence electrons. The lowest BCUT2D eigenvalue weighted by molar-refractivity contribution is -0.385. The Kier molecular flexibility index (Phi) is 6.62. The highest BCUT2D eigenvalue weighted by atomic mass is 16.6. The second-order valence-electron chi connectivity index (χ2n) is 7.42. The number of carbonyl (C=O) groups excluding carboxylic acids is 4. The Morgan fingerprint density at radius 1 is 1.19 bits per heavy atom. The summed E-state index contributed by atoms with van der Waals surface area (Å²) >= 11 is 0. The molecule has 0 aromatic heterocycles. The van der Waals surface area contributed by atoms with Crippen LogP contribution in [0.15, 0.2) is 42.5 Å². The first-order valence-electron chi connectivity index (χ1n) is 9.78. The van der Waals surface area contributed by atoms with E-state index in [0.29, 0.717) is 22.5 Å². The van der Waals surface area contributed by atoms with Gasteiger partial charge in [-0.25, -0.2) is 0 Å². The Morgan fingerprint density at radius 3 is 2.50 bits per heavy atom. The molecule has 0 spiro atoms. The van der Waals surface area contributed by atoms with Crippen LogP contribution in [0.25, 0.3) is 0 Å². The molecule has 2 amide bonds. The number of amides is 2. The molecule has 1 aliphatic rings. The zero-order valence-electron chi connectivity index (χ0n) is 17.5. The van der Waals surface area contributed by atoms with Crippen LogP contribution in [0.3, 0.4) is 0 Å². The lowest BCUT2D eigenvalue weighted by atomic mass is 10.1. The van der Waals surface area contributed by atoms with Gasteiger partial charge in [-0.05, 0) is 44.2 Å². The number of rotatable bonds is 7. The summed E-state index contributed by atoms with van der Waals surface area (Å²) in [6.45, 7) is 2.50. The van der Waals surface area contributed by atoms with E-state index >= 15 is 0 Å². The van der Waals surface area contributed by atoms with Crippen molar-refractivity contribution >= 4 is 40.6 Å². The fourth-order valence-electron chi connectivity index (χ4n) is 3.32. The molecule has 0 bridgehead atoms. The number of hydrogen-bond acceptors (Lipinski definition) is 7. The van der Waals surface area contributed by atoms with Crippen LogP contribution in [0.2, 0.25) is 0 Å². The van der Waals surface area contributed by atoms with E-state index in [1.165, 1.54) is 17.9 Å². The number of nitro benzene ring substituents is 1. The Bertz CT molecular complexity index is 1100. The van der Waals surface area contributed by atoms with E-state index in [1.807, 2.05) is 0 Å². The largest absolute Gasteiger partial charge is 0.455 e. The maximum Gasteiger partial charge on any atom is 0.311 e. The number of Topliss-reactive ketones (excluding diaryl/α,β-unsaturated/α-hetero) is 1. The van der Waals surface area contributed by atoms with E-state index in [9.17, 15) is 29.3 Å². The highest BCUT2D eigenvalue weighted by molar-refractivity contribution is 6.00. The standard InChI is InChI=1S/C22H21N3O7/c1-13-3-8-18(10-19(13)25(30)31)24-11-16(9-21(24)28)22(29)32-12-20(27)23-17-6-4-15(5-7-17)14(2)26/h3-8,10,16H,9,11-12H2,1-2H3,(H,23,27)/t16-/m0/s1. The Labute approximate surface area is 183 Å². The third kappa shape index (κ3) is 5.15. The molecular formula is C22H21N3O7. The van der Waals surface area contributed by atoms with Crippen LogP contribution in [-0.4, -0.2) is 41.6 Å². The van der Waals surface area contributed by atoms with Gasteiger partial charge in [-0.3, -0.25) is 29.3 Å². The molecule has 1 atom stereocenters. The number of esters is 1. The minimum atomic E-state index is -0.787. The van der Waals surface area contributed by atoms with Gasteiger partial charge < -0.3 is 15.0 Å². The minimum absolute atomic E-state index is 0.00596. The smallest absolute Gasteiger partial charge is 0.311 e. The van der Waals surface area contributed by atoms with Crippen molar-refractivity contribution in [2.45, 2.75) is 20.3 Å². The quantitative estimate of drug-likeness (QED) is 0.303. The molecule has 0 unspecified atom stereocenters. The molecule has 0 aliphatic carbocycles. The second kappa shape index (κ2) is 9.38. The number of ketones is 1. The maximum absolute atomic E-state index is 12.4. The molecular weight excluding hydrogens is 418 g/mol. The van der Waals surface area contributed by atoms with Crippen molar-refractivity contribution in [1.29, 1.82) is 0 Å². The number of nitrogens with zero attached hydrogens (tertiary/aromatic N) is 2. The van der Waals surface area contributed by atoms with E-state index in [0.717, 1.165) is 0 Å². The average Bonchev–Trinajstić information content (AvgIpc) is 3.14. The average molecular weight is 439 g/mol. The third-order valence-corrected chi connectivity index (χ3v) is 5.08. The molecule has 1 N–H and O–H groups in total. The van der Waals surface area contributed by atoms with E-state index in [2.05, 4.69) is 5.32 Å². The van der Waals surface area contributed by atoms with Crippen LogP contribution in [0.5, 0.6) is 0 Å². The van der Waals surface area contributed by atoms with Crippen LogP contribution in [0.4, 0.5) is 17.1 Å². The molecule has 0 saturated carbocycles. The molecule has 1 saturated heterocycles. The SMILES string of the molecule is CC(=O)c1ccc(NC(=O)COC(=O)[C@H]2CC(=O)N(c3ccc(C)c([N+](=O)[O-])c3)C2)cc1. The van der Waals surface area contributed by atoms with Gasteiger partial charge in [0.05, 0.1) is 16.5 Å². The zero-order valence-corrected chi connectivity index (χ0v) is 17.5. The summed E-state index contributed by atoms with van der Waals surface area (Å²) in [6, 6.07) is 10.7. The first-order valence-corrected chi connectivity index (χ1v) is 9.78. The van der Waals surface area contributed by atoms with Crippen molar-refractivity contribution in [2.75, 3.05) is 23.4 Å². The first kappa shape index (κ1) is 22.6. The second-order valence-corrected chi connectivity index (χ2v) is 7.42. The van der Waals surface area contributed by atoms with Gasteiger partial charge in [0.25, 0.3) is 11.6 Å². The molecule has 1 fully saturated rings. The summed E-state index contributed by atoms with van der Waals surface area (Å²) in [5, 5.41) is 13.7. The number of carbonyl (C=O) groups is 4. The lowest BCUT2D eigenvalue weighted by Gasteiger charge is -2.16. The predicted molar refractivity (Wildman–Crippen MR) is 114 cm³/mol. The van der Waals surface area contributed by atoms with Crippen LogP contribution < -0.4 is 10.2 Å². The van der Waals surface area contributed by atoms with Gasteiger partial charge in [0, 0.05) is 35.8 Å². The Hall–Kier alpha value is -4.08. The molecule has 32 heavy (non-hydrogen) atoms. The van der Waals surface area contributed by atoms with Crippen molar-refractivity contribution in [1.82, 2.24) is 0 Å². The van der Waals surface area contributed by atoms with E-state index in [-0.39, 0.29) is 30.3 Å². The normalized spacial score (nSPS) is 15.4. The highest BCUT2D eigenvalue weighted by Crippen LogP contribution is 2.30. The van der Waals surface area contributed by atoms with Crippen LogP contribution in [-0.2, 0) is 19.1 Å². The number of anilines is 2. The molecule has 0 radical (unpaired) electrons. The molecule has 10 nitrogen and oxygen atoms in total. The summed E-state index contributed by atoms with van der Waals surface area (Å²) in [6.07, 6.45) is -0.116. The number of hydrogen-bond donors (Lipinski definition) is 1. The molecule has 1 aliphatic heterocycles. The number of ether oxygens (including phenoxy) is 1. The van der Waals surface area contributed by atoms with Crippen LogP contribution in [0.1, 0.15) is 29.3 Å².